The van der Waals surface area contributed by atoms with Gasteiger partial charge in [0.1, 0.15) is 0 Å². The van der Waals surface area contributed by atoms with E-state index in [1.165, 1.54) is 0 Å². The molecule has 1 unspecified atom stereocenters. The number of halogens is 1. The lowest BCUT2D eigenvalue weighted by atomic mass is 10.2. The molecule has 0 aliphatic heterocycles. The molecule has 7 heteroatoms. The number of carbonyl (C=O) groups is 2. The van der Waals surface area contributed by atoms with Crippen LogP contribution in [-0.4, -0.2) is 31.4 Å². The van der Waals surface area contributed by atoms with Gasteiger partial charge in [-0.2, -0.15) is 0 Å². The number of quaternary nitrogens is 1. The number of thiophene rings is 1. The summed E-state index contributed by atoms with van der Waals surface area (Å²) in [7, 11) is 0. The zero-order valence-electron chi connectivity index (χ0n) is 15.3. The SMILES string of the molecule is CC[NH+](CC(=O)Nc1cc(Cl)ccc1C)CC(=O)N[C@H](C)c1cccs1. The highest BCUT2D eigenvalue weighted by molar-refractivity contribution is 7.10. The summed E-state index contributed by atoms with van der Waals surface area (Å²) in [5, 5.41) is 8.43. The lowest BCUT2D eigenvalue weighted by molar-refractivity contribution is -0.881. The van der Waals surface area contributed by atoms with E-state index in [0.717, 1.165) is 15.3 Å². The number of amides is 2. The molecule has 0 spiro atoms. The molecule has 2 amide bonds. The summed E-state index contributed by atoms with van der Waals surface area (Å²) in [6.07, 6.45) is 0. The molecule has 2 aromatic rings. The molecule has 2 rings (SSSR count). The van der Waals surface area contributed by atoms with Crippen LogP contribution in [0.2, 0.25) is 5.02 Å². The van der Waals surface area contributed by atoms with Crippen molar-refractivity contribution in [2.45, 2.75) is 26.8 Å². The van der Waals surface area contributed by atoms with Crippen LogP contribution in [-0.2, 0) is 9.59 Å². The van der Waals surface area contributed by atoms with Crippen molar-refractivity contribution < 1.29 is 14.5 Å². The number of hydrogen-bond donors (Lipinski definition) is 3. The fourth-order valence-electron chi connectivity index (χ4n) is 2.59. The van der Waals surface area contributed by atoms with E-state index in [1.807, 2.05) is 44.4 Å². The first-order valence-electron chi connectivity index (χ1n) is 8.61. The summed E-state index contributed by atoms with van der Waals surface area (Å²) in [5.74, 6) is -0.194. The Morgan fingerprint density at radius 3 is 2.62 bits per heavy atom. The van der Waals surface area contributed by atoms with Crippen LogP contribution < -0.4 is 15.5 Å². The van der Waals surface area contributed by atoms with Gasteiger partial charge < -0.3 is 15.5 Å². The normalized spacial score (nSPS) is 13.1. The summed E-state index contributed by atoms with van der Waals surface area (Å²) in [5.41, 5.74) is 1.65. The molecule has 0 fully saturated rings. The minimum atomic E-state index is -0.133. The number of carbonyl (C=O) groups excluding carboxylic acids is 2. The molecular weight excluding hydrogens is 370 g/mol. The molecule has 5 nitrogen and oxygen atoms in total. The first-order valence-corrected chi connectivity index (χ1v) is 9.87. The molecule has 0 radical (unpaired) electrons. The van der Waals surface area contributed by atoms with E-state index in [9.17, 15) is 9.59 Å². The number of rotatable bonds is 8. The van der Waals surface area contributed by atoms with Crippen LogP contribution in [0.4, 0.5) is 5.69 Å². The highest BCUT2D eigenvalue weighted by Crippen LogP contribution is 2.20. The second-order valence-electron chi connectivity index (χ2n) is 6.27. The molecular formula is C19H25ClN3O2S+. The van der Waals surface area contributed by atoms with E-state index in [2.05, 4.69) is 10.6 Å². The van der Waals surface area contributed by atoms with Gasteiger partial charge in [-0.15, -0.1) is 11.3 Å². The van der Waals surface area contributed by atoms with Gasteiger partial charge in [0, 0.05) is 15.6 Å². The Balaban J connectivity index is 1.86. The van der Waals surface area contributed by atoms with Gasteiger partial charge in [0.05, 0.1) is 12.6 Å². The van der Waals surface area contributed by atoms with Crippen LogP contribution in [0.5, 0.6) is 0 Å². The van der Waals surface area contributed by atoms with Gasteiger partial charge in [0.25, 0.3) is 11.8 Å². The fraction of sp³-hybridized carbons (Fsp3) is 0.368. The number of anilines is 1. The molecule has 0 aliphatic carbocycles. The van der Waals surface area contributed by atoms with Crippen molar-refractivity contribution in [2.75, 3.05) is 25.0 Å². The Bertz CT molecular complexity index is 749. The molecule has 3 N–H and O–H groups in total. The largest absolute Gasteiger partial charge is 0.344 e. The Morgan fingerprint density at radius 1 is 1.23 bits per heavy atom. The Hall–Kier alpha value is -1.89. The van der Waals surface area contributed by atoms with Crippen molar-refractivity contribution in [3.63, 3.8) is 0 Å². The van der Waals surface area contributed by atoms with Crippen LogP contribution in [0, 0.1) is 6.92 Å². The lowest BCUT2D eigenvalue weighted by Gasteiger charge is -2.19. The van der Waals surface area contributed by atoms with Crippen molar-refractivity contribution in [3.05, 3.63) is 51.2 Å². The number of aryl methyl sites for hydroxylation is 1. The molecule has 1 aromatic carbocycles. The van der Waals surface area contributed by atoms with Crippen molar-refractivity contribution in [1.82, 2.24) is 5.32 Å². The minimum Gasteiger partial charge on any atom is -0.344 e. The highest BCUT2D eigenvalue weighted by atomic mass is 35.5. The van der Waals surface area contributed by atoms with Gasteiger partial charge in [-0.3, -0.25) is 9.59 Å². The van der Waals surface area contributed by atoms with E-state index >= 15 is 0 Å². The first-order chi connectivity index (χ1) is 12.4. The van der Waals surface area contributed by atoms with Gasteiger partial charge in [0.15, 0.2) is 13.1 Å². The maximum absolute atomic E-state index is 12.3. The average Bonchev–Trinajstić information content (AvgIpc) is 3.12. The van der Waals surface area contributed by atoms with Gasteiger partial charge in [-0.1, -0.05) is 23.7 Å². The van der Waals surface area contributed by atoms with Crippen LogP contribution in [0.15, 0.2) is 35.7 Å². The summed E-state index contributed by atoms with van der Waals surface area (Å²) in [6, 6.07) is 9.32. The van der Waals surface area contributed by atoms with E-state index in [-0.39, 0.29) is 30.9 Å². The lowest BCUT2D eigenvalue weighted by Crippen LogP contribution is -3.14. The van der Waals surface area contributed by atoms with E-state index in [1.54, 1.807) is 23.5 Å². The predicted octanol–water partition coefficient (Wildman–Crippen LogP) is 2.43. The zero-order chi connectivity index (χ0) is 19.1. The number of benzene rings is 1. The summed E-state index contributed by atoms with van der Waals surface area (Å²) < 4.78 is 0. The second-order valence-corrected chi connectivity index (χ2v) is 7.68. The fourth-order valence-corrected chi connectivity index (χ4v) is 3.50. The molecule has 0 saturated heterocycles. The molecule has 0 aliphatic rings. The van der Waals surface area contributed by atoms with Gasteiger partial charge in [-0.05, 0) is 49.9 Å². The van der Waals surface area contributed by atoms with Crippen molar-refractivity contribution in [1.29, 1.82) is 0 Å². The monoisotopic (exact) mass is 394 g/mol. The molecule has 1 aromatic heterocycles. The molecule has 140 valence electrons. The van der Waals surface area contributed by atoms with Crippen LogP contribution in [0.3, 0.4) is 0 Å². The zero-order valence-corrected chi connectivity index (χ0v) is 16.8. The molecule has 26 heavy (non-hydrogen) atoms. The Kier molecular flexibility index (Phi) is 7.63. The van der Waals surface area contributed by atoms with Crippen molar-refractivity contribution in [2.24, 2.45) is 0 Å². The summed E-state index contributed by atoms with van der Waals surface area (Å²) in [6.45, 7) is 7.00. The second kappa shape index (κ2) is 9.71. The topological polar surface area (TPSA) is 62.6 Å². The highest BCUT2D eigenvalue weighted by Gasteiger charge is 2.19. The van der Waals surface area contributed by atoms with Gasteiger partial charge in [-0.25, -0.2) is 0 Å². The summed E-state index contributed by atoms with van der Waals surface area (Å²) in [4.78, 5) is 26.6. The number of likely N-dealkylation sites (N-methyl/N-ethyl adjacent to an activating group) is 1. The van der Waals surface area contributed by atoms with Gasteiger partial charge >= 0.3 is 0 Å². The third-order valence-corrected chi connectivity index (χ3v) is 5.43. The van der Waals surface area contributed by atoms with Crippen molar-refractivity contribution in [3.8, 4) is 0 Å². The first kappa shape index (κ1) is 20.4. The predicted molar refractivity (Wildman–Crippen MR) is 107 cm³/mol. The molecule has 0 bridgehead atoms. The standard InChI is InChI=1S/C19H24ClN3O2S/c1-4-23(11-18(24)21-14(3)17-6-5-9-26-17)12-19(25)22-16-10-15(20)8-7-13(16)2/h5-10,14H,4,11-12H2,1-3H3,(H,21,24)(H,22,25)/p+1/t14-/m1/s1. The van der Waals surface area contributed by atoms with E-state index in [0.29, 0.717) is 17.3 Å². The van der Waals surface area contributed by atoms with Crippen molar-refractivity contribution >= 4 is 40.4 Å². The Morgan fingerprint density at radius 2 is 1.96 bits per heavy atom. The van der Waals surface area contributed by atoms with Crippen LogP contribution in [0.25, 0.3) is 0 Å². The quantitative estimate of drug-likeness (QED) is 0.644. The number of hydrogen-bond acceptors (Lipinski definition) is 3. The third kappa shape index (κ3) is 6.12. The molecule has 0 saturated carbocycles. The Labute approximate surface area is 163 Å². The van der Waals surface area contributed by atoms with Crippen LogP contribution in [0.1, 0.15) is 30.3 Å². The molecule has 2 atom stereocenters. The van der Waals surface area contributed by atoms with E-state index in [4.69, 9.17) is 11.6 Å². The average molecular weight is 395 g/mol. The van der Waals surface area contributed by atoms with E-state index < -0.39 is 0 Å². The maximum atomic E-state index is 12.3. The summed E-state index contributed by atoms with van der Waals surface area (Å²) >= 11 is 7.60. The number of nitrogens with one attached hydrogen (secondary N) is 3. The van der Waals surface area contributed by atoms with Crippen LogP contribution >= 0.6 is 22.9 Å². The minimum absolute atomic E-state index is 0.0245. The van der Waals surface area contributed by atoms with Gasteiger partial charge in [0.2, 0.25) is 0 Å². The maximum Gasteiger partial charge on any atom is 0.279 e. The smallest absolute Gasteiger partial charge is 0.279 e. The third-order valence-electron chi connectivity index (χ3n) is 4.14. The molecule has 1 heterocycles.